The number of sulfonamides is 1. The molecule has 1 heterocycles. The molecule has 4 aromatic carbocycles. The van der Waals surface area contributed by atoms with E-state index in [0.29, 0.717) is 30.8 Å². The van der Waals surface area contributed by atoms with Gasteiger partial charge in [-0.25, -0.2) is 13.1 Å². The SMILES string of the molecule is CN(C)CC[C@H](CSc1ccccc1)Nc1ccc(S(=O)(=O)NC(=O)c2ccc(N3CCC(NC(=O)c4ccccc4Br)CC3)cc2)cc1[N+](=O)[O-]. The topological polar surface area (TPSA) is 154 Å². The first-order chi connectivity index (χ1) is 24.9. The van der Waals surface area contributed by atoms with Crippen LogP contribution in [-0.2, 0) is 10.0 Å². The molecule has 0 aromatic heterocycles. The molecule has 0 unspecified atom stereocenters. The summed E-state index contributed by atoms with van der Waals surface area (Å²) in [7, 11) is -0.536. The molecule has 1 fully saturated rings. The molecule has 1 aliphatic rings. The monoisotopic (exact) mass is 808 g/mol. The van der Waals surface area contributed by atoms with Crippen molar-refractivity contribution in [3.63, 3.8) is 0 Å². The number of carbonyl (C=O) groups is 2. The lowest BCUT2D eigenvalue weighted by Crippen LogP contribution is -2.44. The summed E-state index contributed by atoms with van der Waals surface area (Å²) >= 11 is 5.05. The van der Waals surface area contributed by atoms with Crippen LogP contribution < -0.4 is 20.3 Å². The number of hydrogen-bond donors (Lipinski definition) is 3. The molecule has 0 radical (unpaired) electrons. The lowest BCUT2D eigenvalue weighted by atomic mass is 10.0. The number of rotatable bonds is 15. The van der Waals surface area contributed by atoms with Crippen LogP contribution in [0.25, 0.3) is 0 Å². The standard InChI is InChI=1S/C37H41BrN6O6S2/c1-42(2)21-18-28(25-51-30-8-4-3-5-9-30)39-34-17-16-31(24-35(34)44(47)48)52(49,50)41-36(45)26-12-14-29(15-13-26)43-22-19-27(20-23-43)40-37(46)32-10-6-7-11-33(32)38/h3-17,24,27-28,39H,18-23,25H2,1-2H3,(H,40,46)(H,41,45)/t28-/m1/s1. The average molecular weight is 810 g/mol. The van der Waals surface area contributed by atoms with Gasteiger partial charge in [0.2, 0.25) is 0 Å². The van der Waals surface area contributed by atoms with Gasteiger partial charge >= 0.3 is 0 Å². The fourth-order valence-electron chi connectivity index (χ4n) is 5.75. The van der Waals surface area contributed by atoms with Crippen LogP contribution in [-0.4, -0.2) is 81.6 Å². The number of nitrogens with zero attached hydrogens (tertiary/aromatic N) is 3. The fourth-order valence-corrected chi connectivity index (χ4v) is 8.20. The van der Waals surface area contributed by atoms with Gasteiger partial charge in [-0.05, 0) is 116 Å². The number of hydrogen-bond acceptors (Lipinski definition) is 10. The molecule has 4 aromatic rings. The smallest absolute Gasteiger partial charge is 0.293 e. The third-order valence-corrected chi connectivity index (χ3v) is 11.8. The number of halogens is 1. The molecule has 0 saturated carbocycles. The highest BCUT2D eigenvalue weighted by Gasteiger charge is 2.26. The van der Waals surface area contributed by atoms with Gasteiger partial charge in [-0.1, -0.05) is 30.3 Å². The predicted octanol–water partition coefficient (Wildman–Crippen LogP) is 6.40. The van der Waals surface area contributed by atoms with Gasteiger partial charge < -0.3 is 20.4 Å². The van der Waals surface area contributed by atoms with Gasteiger partial charge in [0, 0.05) is 57.6 Å². The Morgan fingerprint density at radius 2 is 1.63 bits per heavy atom. The van der Waals surface area contributed by atoms with E-state index < -0.39 is 31.4 Å². The van der Waals surface area contributed by atoms with Crippen molar-refractivity contribution in [2.24, 2.45) is 0 Å². The molecule has 15 heteroatoms. The summed E-state index contributed by atoms with van der Waals surface area (Å²) in [5, 5.41) is 18.5. The van der Waals surface area contributed by atoms with Crippen LogP contribution in [0.15, 0.2) is 111 Å². The number of nitro benzene ring substituents is 1. The number of nitrogens with one attached hydrogen (secondary N) is 3. The van der Waals surface area contributed by atoms with Crippen molar-refractivity contribution in [2.45, 2.75) is 41.1 Å². The van der Waals surface area contributed by atoms with Crippen molar-refractivity contribution in [2.75, 3.05) is 49.7 Å². The molecule has 52 heavy (non-hydrogen) atoms. The normalized spacial score (nSPS) is 14.1. The molecule has 1 atom stereocenters. The van der Waals surface area contributed by atoms with Crippen LogP contribution in [0.3, 0.4) is 0 Å². The second kappa shape index (κ2) is 17.9. The Hall–Kier alpha value is -4.44. The van der Waals surface area contributed by atoms with E-state index in [4.69, 9.17) is 0 Å². The summed E-state index contributed by atoms with van der Waals surface area (Å²) in [6, 6.07) is 27.1. The van der Waals surface area contributed by atoms with Gasteiger partial charge in [-0.15, -0.1) is 11.8 Å². The summed E-state index contributed by atoms with van der Waals surface area (Å²) in [5.74, 6) is -0.351. The number of amides is 2. The zero-order valence-electron chi connectivity index (χ0n) is 28.8. The summed E-state index contributed by atoms with van der Waals surface area (Å²) < 4.78 is 29.3. The first kappa shape index (κ1) is 38.8. The fraction of sp³-hybridized carbons (Fsp3) is 0.297. The summed E-state index contributed by atoms with van der Waals surface area (Å²) in [5.41, 5.74) is 1.35. The first-order valence-electron chi connectivity index (χ1n) is 16.7. The maximum absolute atomic E-state index is 13.3. The summed E-state index contributed by atoms with van der Waals surface area (Å²) in [6.07, 6.45) is 2.17. The van der Waals surface area contributed by atoms with E-state index >= 15 is 0 Å². The molecule has 0 aliphatic carbocycles. The lowest BCUT2D eigenvalue weighted by Gasteiger charge is -2.34. The van der Waals surface area contributed by atoms with Crippen molar-refractivity contribution >= 4 is 66.6 Å². The molecule has 0 spiro atoms. The Morgan fingerprint density at radius 3 is 2.29 bits per heavy atom. The average Bonchev–Trinajstić information content (AvgIpc) is 3.13. The first-order valence-corrected chi connectivity index (χ1v) is 20.0. The van der Waals surface area contributed by atoms with E-state index in [1.165, 1.54) is 24.3 Å². The van der Waals surface area contributed by atoms with Crippen LogP contribution in [0, 0.1) is 10.1 Å². The van der Waals surface area contributed by atoms with Gasteiger partial charge in [0.05, 0.1) is 15.4 Å². The Labute approximate surface area is 316 Å². The lowest BCUT2D eigenvalue weighted by molar-refractivity contribution is -0.384. The summed E-state index contributed by atoms with van der Waals surface area (Å²) in [4.78, 5) is 42.1. The molecule has 1 saturated heterocycles. The van der Waals surface area contributed by atoms with Crippen molar-refractivity contribution < 1.29 is 22.9 Å². The molecule has 0 bridgehead atoms. The largest absolute Gasteiger partial charge is 0.376 e. The zero-order chi connectivity index (χ0) is 37.3. The van der Waals surface area contributed by atoms with Crippen LogP contribution in [0.5, 0.6) is 0 Å². The minimum Gasteiger partial charge on any atom is -0.376 e. The molecule has 2 amide bonds. The molecular weight excluding hydrogens is 768 g/mol. The number of benzene rings is 4. The van der Waals surface area contributed by atoms with Crippen molar-refractivity contribution in [3.8, 4) is 0 Å². The molecular formula is C37H41BrN6O6S2. The molecule has 5 rings (SSSR count). The predicted molar refractivity (Wildman–Crippen MR) is 209 cm³/mol. The van der Waals surface area contributed by atoms with Crippen LogP contribution in [0.2, 0.25) is 0 Å². The number of nitro groups is 1. The molecule has 1 aliphatic heterocycles. The highest BCUT2D eigenvalue weighted by Crippen LogP contribution is 2.30. The van der Waals surface area contributed by atoms with Crippen LogP contribution in [0.4, 0.5) is 17.1 Å². The van der Waals surface area contributed by atoms with E-state index in [2.05, 4.69) is 36.2 Å². The second-order valence-corrected chi connectivity index (χ2v) is 16.3. The van der Waals surface area contributed by atoms with E-state index in [9.17, 15) is 28.1 Å². The number of carbonyl (C=O) groups excluding carboxylic acids is 2. The zero-order valence-corrected chi connectivity index (χ0v) is 32.0. The van der Waals surface area contributed by atoms with E-state index in [-0.39, 0.29) is 29.2 Å². The maximum atomic E-state index is 13.3. The molecule has 274 valence electrons. The van der Waals surface area contributed by atoms with Gasteiger partial charge in [-0.2, -0.15) is 0 Å². The highest BCUT2D eigenvalue weighted by atomic mass is 79.9. The number of thioether (sulfide) groups is 1. The van der Waals surface area contributed by atoms with Crippen molar-refractivity contribution in [1.29, 1.82) is 0 Å². The minimum atomic E-state index is -4.44. The van der Waals surface area contributed by atoms with E-state index in [0.717, 1.165) is 40.5 Å². The van der Waals surface area contributed by atoms with Crippen LogP contribution >= 0.6 is 27.7 Å². The highest BCUT2D eigenvalue weighted by molar-refractivity contribution is 9.10. The maximum Gasteiger partial charge on any atom is 0.293 e. The molecule has 12 nitrogen and oxygen atoms in total. The quantitative estimate of drug-likeness (QED) is 0.0699. The van der Waals surface area contributed by atoms with Gasteiger partial charge in [0.25, 0.3) is 27.5 Å². The Morgan fingerprint density at radius 1 is 0.962 bits per heavy atom. The van der Waals surface area contributed by atoms with Crippen molar-refractivity contribution in [1.82, 2.24) is 14.9 Å². The third kappa shape index (κ3) is 10.6. The van der Waals surface area contributed by atoms with E-state index in [1.54, 1.807) is 30.0 Å². The van der Waals surface area contributed by atoms with E-state index in [1.807, 2.05) is 67.5 Å². The Bertz CT molecular complexity index is 1970. The van der Waals surface area contributed by atoms with Gasteiger partial charge in [-0.3, -0.25) is 19.7 Å². The second-order valence-electron chi connectivity index (χ2n) is 12.7. The number of anilines is 2. The number of piperidine rings is 1. The summed E-state index contributed by atoms with van der Waals surface area (Å²) in [6.45, 7) is 2.12. The van der Waals surface area contributed by atoms with Crippen LogP contribution in [0.1, 0.15) is 40.0 Å². The Balaban J connectivity index is 1.19. The van der Waals surface area contributed by atoms with Crippen molar-refractivity contribution in [3.05, 3.63) is 123 Å². The Kier molecular flexibility index (Phi) is 13.3. The van der Waals surface area contributed by atoms with Gasteiger partial charge in [0.1, 0.15) is 5.69 Å². The van der Waals surface area contributed by atoms with Gasteiger partial charge in [0.15, 0.2) is 0 Å². The molecule has 3 N–H and O–H groups in total. The third-order valence-electron chi connectivity index (χ3n) is 8.63. The minimum absolute atomic E-state index is 0.0231.